The van der Waals surface area contributed by atoms with E-state index < -0.39 is 15.9 Å². The van der Waals surface area contributed by atoms with Crippen molar-refractivity contribution in [2.75, 3.05) is 39.3 Å². The van der Waals surface area contributed by atoms with Gasteiger partial charge < -0.3 is 14.4 Å². The second-order valence-corrected chi connectivity index (χ2v) is 8.91. The lowest BCUT2D eigenvalue weighted by Gasteiger charge is -2.33. The average molecular weight is 419 g/mol. The number of methoxy groups -OCH3 is 2. The Labute approximate surface area is 171 Å². The summed E-state index contributed by atoms with van der Waals surface area (Å²) in [6.07, 6.45) is 1.29. The summed E-state index contributed by atoms with van der Waals surface area (Å²) < 4.78 is 37.8. The molecule has 1 amide bonds. The lowest BCUT2D eigenvalue weighted by Crippen LogP contribution is -2.45. The second-order valence-electron chi connectivity index (χ2n) is 6.98. The predicted molar refractivity (Wildman–Crippen MR) is 111 cm³/mol. The van der Waals surface area contributed by atoms with Crippen LogP contribution in [0.15, 0.2) is 53.4 Å². The van der Waals surface area contributed by atoms with E-state index in [0.717, 1.165) is 0 Å². The van der Waals surface area contributed by atoms with Gasteiger partial charge in [0.2, 0.25) is 15.9 Å². The predicted octanol–water partition coefficient (Wildman–Crippen LogP) is 2.77. The fourth-order valence-corrected chi connectivity index (χ4v) is 5.00. The van der Waals surface area contributed by atoms with Crippen molar-refractivity contribution in [2.45, 2.75) is 17.7 Å². The lowest BCUT2D eigenvalue weighted by atomic mass is 9.98. The number of anilines is 1. The topological polar surface area (TPSA) is 76.2 Å². The molecule has 3 rings (SSSR count). The van der Waals surface area contributed by atoms with E-state index in [-0.39, 0.29) is 17.3 Å². The van der Waals surface area contributed by atoms with Gasteiger partial charge in [0.15, 0.2) is 0 Å². The first-order valence-corrected chi connectivity index (χ1v) is 10.9. The van der Waals surface area contributed by atoms with E-state index in [1.165, 1.54) is 23.5 Å². The van der Waals surface area contributed by atoms with Crippen molar-refractivity contribution in [2.24, 2.45) is 5.92 Å². The smallest absolute Gasteiger partial charge is 0.243 e. The average Bonchev–Trinajstić information content (AvgIpc) is 2.78. The van der Waals surface area contributed by atoms with Crippen molar-refractivity contribution in [1.29, 1.82) is 0 Å². The molecule has 2 aromatic rings. The van der Waals surface area contributed by atoms with Crippen LogP contribution < -0.4 is 14.4 Å². The first kappa shape index (κ1) is 21.1. The Morgan fingerprint density at radius 3 is 2.41 bits per heavy atom. The molecule has 1 saturated heterocycles. The molecule has 2 aromatic carbocycles. The van der Waals surface area contributed by atoms with Gasteiger partial charge in [-0.3, -0.25) is 4.79 Å². The minimum absolute atomic E-state index is 0.104. The highest BCUT2D eigenvalue weighted by atomic mass is 32.2. The molecule has 0 aliphatic carbocycles. The highest BCUT2D eigenvalue weighted by molar-refractivity contribution is 7.89. The molecule has 0 N–H and O–H groups in total. The number of sulfonamides is 1. The van der Waals surface area contributed by atoms with E-state index >= 15 is 0 Å². The van der Waals surface area contributed by atoms with Gasteiger partial charge in [-0.05, 0) is 49.2 Å². The Bertz CT molecular complexity index is 959. The first-order valence-electron chi connectivity index (χ1n) is 9.42. The number of nitrogens with zero attached hydrogens (tertiary/aromatic N) is 2. The van der Waals surface area contributed by atoms with Crippen LogP contribution in [0.4, 0.5) is 5.69 Å². The van der Waals surface area contributed by atoms with Crippen molar-refractivity contribution in [1.82, 2.24) is 4.31 Å². The van der Waals surface area contributed by atoms with Gasteiger partial charge in [0.1, 0.15) is 11.5 Å². The standard InChI is InChI=1S/C21H26N2O5S/c1-22(17-7-4-8-19(14-17)28-3)21(24)16-6-5-13-23(15-16)29(25,26)20-11-9-18(27-2)10-12-20/h4,7-12,14,16H,5-6,13,15H2,1-3H3. The molecule has 29 heavy (non-hydrogen) atoms. The zero-order chi connectivity index (χ0) is 21.0. The van der Waals surface area contributed by atoms with Crippen LogP contribution >= 0.6 is 0 Å². The van der Waals surface area contributed by atoms with Crippen molar-refractivity contribution in [3.8, 4) is 11.5 Å². The third-order valence-electron chi connectivity index (χ3n) is 5.20. The molecule has 1 aliphatic rings. The third kappa shape index (κ3) is 4.54. The fraction of sp³-hybridized carbons (Fsp3) is 0.381. The molecular weight excluding hydrogens is 392 g/mol. The Kier molecular flexibility index (Phi) is 6.44. The summed E-state index contributed by atoms with van der Waals surface area (Å²) in [5.41, 5.74) is 0.712. The number of benzene rings is 2. The molecule has 1 unspecified atom stereocenters. The highest BCUT2D eigenvalue weighted by Crippen LogP contribution is 2.28. The number of ether oxygens (including phenoxy) is 2. The number of rotatable bonds is 6. The molecular formula is C21H26N2O5S. The Balaban J connectivity index is 1.75. The number of carbonyl (C=O) groups excluding carboxylic acids is 1. The van der Waals surface area contributed by atoms with Crippen LogP contribution in [0.1, 0.15) is 12.8 Å². The summed E-state index contributed by atoms with van der Waals surface area (Å²) in [5, 5.41) is 0. The molecule has 1 fully saturated rings. The Morgan fingerprint density at radius 1 is 1.07 bits per heavy atom. The third-order valence-corrected chi connectivity index (χ3v) is 7.08. The first-order chi connectivity index (χ1) is 13.9. The van der Waals surface area contributed by atoms with Crippen LogP contribution in [-0.4, -0.2) is 53.0 Å². The minimum Gasteiger partial charge on any atom is -0.497 e. The largest absolute Gasteiger partial charge is 0.497 e. The summed E-state index contributed by atoms with van der Waals surface area (Å²) >= 11 is 0. The summed E-state index contributed by atoms with van der Waals surface area (Å²) in [4.78, 5) is 14.8. The molecule has 0 spiro atoms. The number of amides is 1. The second kappa shape index (κ2) is 8.84. The van der Waals surface area contributed by atoms with Gasteiger partial charge in [0, 0.05) is 31.9 Å². The maximum absolute atomic E-state index is 13.0. The van der Waals surface area contributed by atoms with Gasteiger partial charge in [-0.1, -0.05) is 6.07 Å². The molecule has 0 radical (unpaired) electrons. The minimum atomic E-state index is -3.67. The van der Waals surface area contributed by atoms with Crippen LogP contribution in [0.25, 0.3) is 0 Å². The monoisotopic (exact) mass is 418 g/mol. The number of carbonyl (C=O) groups is 1. The van der Waals surface area contributed by atoms with Crippen LogP contribution in [0, 0.1) is 5.92 Å². The van der Waals surface area contributed by atoms with Gasteiger partial charge in [-0.15, -0.1) is 0 Å². The molecule has 1 atom stereocenters. The molecule has 8 heteroatoms. The summed E-state index contributed by atoms with van der Waals surface area (Å²) in [6.45, 7) is 0.572. The molecule has 0 bridgehead atoms. The van der Waals surface area contributed by atoms with E-state index in [1.807, 2.05) is 18.2 Å². The molecule has 0 aromatic heterocycles. The number of piperidine rings is 1. The van der Waals surface area contributed by atoms with Gasteiger partial charge in [-0.25, -0.2) is 8.42 Å². The van der Waals surface area contributed by atoms with Crippen molar-refractivity contribution in [3.63, 3.8) is 0 Å². The van der Waals surface area contributed by atoms with Crippen LogP contribution in [0.5, 0.6) is 11.5 Å². The van der Waals surface area contributed by atoms with Crippen molar-refractivity contribution >= 4 is 21.6 Å². The SMILES string of the molecule is COc1ccc(S(=O)(=O)N2CCCC(C(=O)N(C)c3cccc(OC)c3)C2)cc1. The van der Waals surface area contributed by atoms with Gasteiger partial charge >= 0.3 is 0 Å². The maximum Gasteiger partial charge on any atom is 0.243 e. The number of hydrogen-bond donors (Lipinski definition) is 0. The Morgan fingerprint density at radius 2 is 1.76 bits per heavy atom. The van der Waals surface area contributed by atoms with Crippen LogP contribution in [-0.2, 0) is 14.8 Å². The van der Waals surface area contributed by atoms with Crippen LogP contribution in [0.2, 0.25) is 0 Å². The number of hydrogen-bond acceptors (Lipinski definition) is 5. The van der Waals surface area contributed by atoms with E-state index in [9.17, 15) is 13.2 Å². The molecule has 1 heterocycles. The summed E-state index contributed by atoms with van der Waals surface area (Å²) in [5.74, 6) is 0.755. The zero-order valence-electron chi connectivity index (χ0n) is 16.9. The normalized spacial score (nSPS) is 17.6. The van der Waals surface area contributed by atoms with Gasteiger partial charge in [-0.2, -0.15) is 4.31 Å². The molecule has 7 nitrogen and oxygen atoms in total. The molecule has 0 saturated carbocycles. The van der Waals surface area contributed by atoms with E-state index in [4.69, 9.17) is 9.47 Å². The quantitative estimate of drug-likeness (QED) is 0.721. The molecule has 1 aliphatic heterocycles. The van der Waals surface area contributed by atoms with Crippen molar-refractivity contribution in [3.05, 3.63) is 48.5 Å². The maximum atomic E-state index is 13.0. The van der Waals surface area contributed by atoms with E-state index in [2.05, 4.69) is 0 Å². The summed E-state index contributed by atoms with van der Waals surface area (Å²) in [6, 6.07) is 13.5. The lowest BCUT2D eigenvalue weighted by molar-refractivity contribution is -0.123. The summed E-state index contributed by atoms with van der Waals surface area (Å²) in [7, 11) is 1.14. The highest BCUT2D eigenvalue weighted by Gasteiger charge is 2.34. The van der Waals surface area contributed by atoms with Crippen molar-refractivity contribution < 1.29 is 22.7 Å². The van der Waals surface area contributed by atoms with Crippen LogP contribution in [0.3, 0.4) is 0 Å². The zero-order valence-corrected chi connectivity index (χ0v) is 17.7. The van der Waals surface area contributed by atoms with Gasteiger partial charge in [0.05, 0.1) is 25.0 Å². The van der Waals surface area contributed by atoms with E-state index in [1.54, 1.807) is 37.3 Å². The molecule has 156 valence electrons. The van der Waals surface area contributed by atoms with Gasteiger partial charge in [0.25, 0.3) is 0 Å². The van der Waals surface area contributed by atoms with E-state index in [0.29, 0.717) is 36.6 Å². The Hall–Kier alpha value is -2.58. The fourth-order valence-electron chi connectivity index (χ4n) is 3.48.